The Morgan fingerprint density at radius 2 is 2.58 bits per heavy atom. The van der Waals surface area contributed by atoms with E-state index in [4.69, 9.17) is 5.73 Å². The summed E-state index contributed by atoms with van der Waals surface area (Å²) < 4.78 is 1.79. The molecule has 0 aliphatic rings. The number of carbonyl (C=O) groups excluding carboxylic acids is 1. The maximum absolute atomic E-state index is 10.3. The first kappa shape index (κ1) is 8.58. The van der Waals surface area contributed by atoms with Gasteiger partial charge in [-0.05, 0) is 6.92 Å². The largest absolute Gasteiger partial charge is 0.352 e. The molecule has 0 saturated heterocycles. The van der Waals surface area contributed by atoms with Crippen molar-refractivity contribution in [1.82, 2.24) is 15.1 Å². The lowest BCUT2D eigenvalue weighted by atomic mass is 10.4. The van der Waals surface area contributed by atoms with Gasteiger partial charge in [0.1, 0.15) is 0 Å². The van der Waals surface area contributed by atoms with E-state index in [0.29, 0.717) is 6.54 Å². The van der Waals surface area contributed by atoms with Crippen molar-refractivity contribution in [2.75, 3.05) is 0 Å². The number of aryl methyl sites for hydroxylation is 1. The van der Waals surface area contributed by atoms with Crippen LogP contribution in [-0.4, -0.2) is 15.8 Å². The van der Waals surface area contributed by atoms with Crippen LogP contribution < -0.4 is 11.1 Å². The summed E-state index contributed by atoms with van der Waals surface area (Å²) in [5.41, 5.74) is 5.86. The van der Waals surface area contributed by atoms with E-state index in [1.807, 2.05) is 13.1 Å². The predicted octanol–water partition coefficient (Wildman–Crippen LogP) is 0.0713. The van der Waals surface area contributed by atoms with Crippen LogP contribution in [0.5, 0.6) is 0 Å². The van der Waals surface area contributed by atoms with Crippen molar-refractivity contribution >= 4 is 6.03 Å². The molecule has 0 radical (unpaired) electrons. The van der Waals surface area contributed by atoms with Crippen molar-refractivity contribution < 1.29 is 4.79 Å². The summed E-state index contributed by atoms with van der Waals surface area (Å²) in [6, 6.07) is -0.515. The second kappa shape index (κ2) is 3.75. The van der Waals surface area contributed by atoms with Gasteiger partial charge in [-0.2, -0.15) is 5.10 Å². The van der Waals surface area contributed by atoms with Gasteiger partial charge in [0, 0.05) is 24.8 Å². The molecule has 2 amide bonds. The number of amides is 2. The van der Waals surface area contributed by atoms with Crippen molar-refractivity contribution in [3.05, 3.63) is 18.0 Å². The molecular formula is C7H12N4O. The van der Waals surface area contributed by atoms with Crippen molar-refractivity contribution in [3.8, 4) is 0 Å². The fourth-order valence-corrected chi connectivity index (χ4v) is 0.860. The fraction of sp³-hybridized carbons (Fsp3) is 0.429. The summed E-state index contributed by atoms with van der Waals surface area (Å²) in [4.78, 5) is 10.3. The minimum Gasteiger partial charge on any atom is -0.352 e. The van der Waals surface area contributed by atoms with Crippen LogP contribution in [0.4, 0.5) is 4.79 Å². The highest BCUT2D eigenvalue weighted by atomic mass is 16.2. The molecule has 0 unspecified atom stereocenters. The van der Waals surface area contributed by atoms with Crippen LogP contribution >= 0.6 is 0 Å². The van der Waals surface area contributed by atoms with E-state index >= 15 is 0 Å². The highest BCUT2D eigenvalue weighted by molar-refractivity contribution is 5.71. The van der Waals surface area contributed by atoms with Crippen molar-refractivity contribution in [2.45, 2.75) is 20.0 Å². The molecule has 0 aliphatic heterocycles. The number of hydrogen-bond donors (Lipinski definition) is 2. The molecule has 5 nitrogen and oxygen atoms in total. The summed E-state index contributed by atoms with van der Waals surface area (Å²) in [6.45, 7) is 3.27. The van der Waals surface area contributed by atoms with Crippen LogP contribution in [-0.2, 0) is 13.1 Å². The highest BCUT2D eigenvalue weighted by Gasteiger charge is 1.97. The van der Waals surface area contributed by atoms with Gasteiger partial charge >= 0.3 is 6.03 Å². The van der Waals surface area contributed by atoms with E-state index in [2.05, 4.69) is 10.4 Å². The summed E-state index contributed by atoms with van der Waals surface area (Å²) in [5, 5.41) is 6.52. The summed E-state index contributed by atoms with van der Waals surface area (Å²) >= 11 is 0. The number of nitrogens with zero attached hydrogens (tertiary/aromatic N) is 2. The van der Waals surface area contributed by atoms with Gasteiger partial charge in [0.25, 0.3) is 0 Å². The van der Waals surface area contributed by atoms with Crippen molar-refractivity contribution in [3.63, 3.8) is 0 Å². The first-order chi connectivity index (χ1) is 5.72. The molecular weight excluding hydrogens is 156 g/mol. The van der Waals surface area contributed by atoms with Crippen LogP contribution in [0.2, 0.25) is 0 Å². The van der Waals surface area contributed by atoms with Gasteiger partial charge in [0.2, 0.25) is 0 Å². The second-order valence-electron chi connectivity index (χ2n) is 2.42. The lowest BCUT2D eigenvalue weighted by molar-refractivity contribution is 0.248. The van der Waals surface area contributed by atoms with Gasteiger partial charge in [-0.15, -0.1) is 0 Å². The maximum atomic E-state index is 10.3. The number of hydrogen-bond acceptors (Lipinski definition) is 2. The minimum atomic E-state index is -0.515. The molecule has 0 bridgehead atoms. The van der Waals surface area contributed by atoms with E-state index in [1.165, 1.54) is 0 Å². The topological polar surface area (TPSA) is 72.9 Å². The molecule has 0 aromatic carbocycles. The quantitative estimate of drug-likeness (QED) is 0.670. The number of aromatic nitrogens is 2. The number of primary amides is 1. The Hall–Kier alpha value is -1.52. The summed E-state index contributed by atoms with van der Waals surface area (Å²) in [6.07, 6.45) is 3.58. The third-order valence-electron chi connectivity index (χ3n) is 1.48. The third kappa shape index (κ3) is 2.26. The first-order valence-electron chi connectivity index (χ1n) is 3.77. The van der Waals surface area contributed by atoms with E-state index in [-0.39, 0.29) is 0 Å². The zero-order valence-electron chi connectivity index (χ0n) is 6.95. The van der Waals surface area contributed by atoms with Crippen LogP contribution in [0.3, 0.4) is 0 Å². The molecule has 0 aliphatic carbocycles. The van der Waals surface area contributed by atoms with Gasteiger partial charge in [0.05, 0.1) is 6.20 Å². The minimum absolute atomic E-state index is 0.440. The molecule has 66 valence electrons. The number of urea groups is 1. The smallest absolute Gasteiger partial charge is 0.312 e. The Bertz CT molecular complexity index is 268. The van der Waals surface area contributed by atoms with E-state index in [1.54, 1.807) is 10.9 Å². The Labute approximate surface area is 70.5 Å². The summed E-state index contributed by atoms with van der Waals surface area (Å²) in [7, 11) is 0. The van der Waals surface area contributed by atoms with Crippen LogP contribution in [0, 0.1) is 0 Å². The van der Waals surface area contributed by atoms with Crippen molar-refractivity contribution in [2.24, 2.45) is 5.73 Å². The average Bonchev–Trinajstić information content (AvgIpc) is 2.48. The predicted molar refractivity (Wildman–Crippen MR) is 44.3 cm³/mol. The average molecular weight is 168 g/mol. The molecule has 5 heteroatoms. The number of nitrogens with one attached hydrogen (secondary N) is 1. The number of carbonyl (C=O) groups is 1. The lowest BCUT2D eigenvalue weighted by Gasteiger charge is -1.96. The standard InChI is InChI=1S/C7H12N4O/c1-2-11-5-6(4-10-11)3-9-7(8)12/h4-5H,2-3H2,1H3,(H3,8,9,12). The van der Waals surface area contributed by atoms with Crippen molar-refractivity contribution in [1.29, 1.82) is 0 Å². The number of nitrogens with two attached hydrogens (primary N) is 1. The SMILES string of the molecule is CCn1cc(CNC(N)=O)cn1. The molecule has 1 rings (SSSR count). The van der Waals surface area contributed by atoms with Gasteiger partial charge in [-0.25, -0.2) is 4.79 Å². The number of rotatable bonds is 3. The van der Waals surface area contributed by atoms with Crippen LogP contribution in [0.25, 0.3) is 0 Å². The van der Waals surface area contributed by atoms with Gasteiger partial charge < -0.3 is 11.1 Å². The van der Waals surface area contributed by atoms with Crippen LogP contribution in [0.1, 0.15) is 12.5 Å². The van der Waals surface area contributed by atoms with E-state index in [9.17, 15) is 4.79 Å². The Morgan fingerprint density at radius 1 is 1.83 bits per heavy atom. The van der Waals surface area contributed by atoms with E-state index < -0.39 is 6.03 Å². The molecule has 12 heavy (non-hydrogen) atoms. The van der Waals surface area contributed by atoms with Crippen LogP contribution in [0.15, 0.2) is 12.4 Å². The highest BCUT2D eigenvalue weighted by Crippen LogP contribution is 1.95. The van der Waals surface area contributed by atoms with E-state index in [0.717, 1.165) is 12.1 Å². The zero-order valence-corrected chi connectivity index (χ0v) is 6.95. The molecule has 1 heterocycles. The Balaban J connectivity index is 2.47. The Morgan fingerprint density at radius 3 is 3.08 bits per heavy atom. The molecule has 0 spiro atoms. The first-order valence-corrected chi connectivity index (χ1v) is 3.77. The second-order valence-corrected chi connectivity index (χ2v) is 2.42. The van der Waals surface area contributed by atoms with Gasteiger partial charge in [-0.1, -0.05) is 0 Å². The monoisotopic (exact) mass is 168 g/mol. The fourth-order valence-electron chi connectivity index (χ4n) is 0.860. The Kier molecular flexibility index (Phi) is 2.68. The summed E-state index contributed by atoms with van der Waals surface area (Å²) in [5.74, 6) is 0. The molecule has 0 atom stereocenters. The maximum Gasteiger partial charge on any atom is 0.312 e. The van der Waals surface area contributed by atoms with Gasteiger partial charge in [0.15, 0.2) is 0 Å². The normalized spacial score (nSPS) is 9.75. The molecule has 0 saturated carbocycles. The van der Waals surface area contributed by atoms with Gasteiger partial charge in [-0.3, -0.25) is 4.68 Å². The molecule has 1 aromatic heterocycles. The third-order valence-corrected chi connectivity index (χ3v) is 1.48. The molecule has 1 aromatic rings. The molecule has 0 fully saturated rings. The zero-order chi connectivity index (χ0) is 8.97. The molecule has 3 N–H and O–H groups in total. The lowest BCUT2D eigenvalue weighted by Crippen LogP contribution is -2.28.